The molecule has 0 spiro atoms. The summed E-state index contributed by atoms with van der Waals surface area (Å²) in [5, 5.41) is 39.6. The third kappa shape index (κ3) is 22.2. The second-order valence-corrected chi connectivity index (χ2v) is 13.1. The van der Waals surface area contributed by atoms with Gasteiger partial charge in [0.1, 0.15) is 24.9 Å². The Morgan fingerprint density at radius 1 is 0.612 bits per heavy atom. The van der Waals surface area contributed by atoms with E-state index in [0.29, 0.717) is 12.8 Å². The maximum atomic E-state index is 12.6. The lowest BCUT2D eigenvalue weighted by Gasteiger charge is -2.38. The number of ether oxygens (including phenoxy) is 4. The summed E-state index contributed by atoms with van der Waals surface area (Å²) in [5.74, 6) is -2.47. The Morgan fingerprint density at radius 3 is 1.65 bits per heavy atom. The van der Waals surface area contributed by atoms with Gasteiger partial charge < -0.3 is 39.4 Å². The third-order valence-corrected chi connectivity index (χ3v) is 8.52. The zero-order chi connectivity index (χ0) is 36.1. The van der Waals surface area contributed by atoms with E-state index in [1.807, 2.05) is 0 Å². The fraction of sp³-hybridized carbons (Fsp3) is 0.816. The molecular formula is C38H66O11. The van der Waals surface area contributed by atoms with Gasteiger partial charge in [0.25, 0.3) is 0 Å². The number of carbonyl (C=O) groups is 3. The average molecular weight is 699 g/mol. The monoisotopic (exact) mass is 698 g/mol. The van der Waals surface area contributed by atoms with Gasteiger partial charge in [0.15, 0.2) is 18.5 Å². The first-order valence-corrected chi connectivity index (χ1v) is 18.9. The molecular weight excluding hydrogens is 632 g/mol. The molecule has 1 fully saturated rings. The summed E-state index contributed by atoms with van der Waals surface area (Å²) in [7, 11) is 0. The molecule has 0 amide bonds. The maximum Gasteiger partial charge on any atom is 0.335 e. The highest BCUT2D eigenvalue weighted by Gasteiger charge is 2.47. The fourth-order valence-electron chi connectivity index (χ4n) is 5.44. The van der Waals surface area contributed by atoms with Crippen LogP contribution in [0.25, 0.3) is 0 Å². The van der Waals surface area contributed by atoms with Crippen molar-refractivity contribution in [3.8, 4) is 0 Å². The van der Waals surface area contributed by atoms with E-state index in [-0.39, 0.29) is 19.4 Å². The number of hydrogen-bond donors (Lipinski definition) is 4. The van der Waals surface area contributed by atoms with E-state index < -0.39 is 61.3 Å². The van der Waals surface area contributed by atoms with Gasteiger partial charge in [0.05, 0.1) is 6.61 Å². The lowest BCUT2D eigenvalue weighted by atomic mass is 9.99. The number of esters is 2. The van der Waals surface area contributed by atoms with Crippen LogP contribution in [-0.4, -0.2) is 88.4 Å². The molecule has 0 aliphatic carbocycles. The van der Waals surface area contributed by atoms with Crippen LogP contribution in [0.1, 0.15) is 149 Å². The van der Waals surface area contributed by atoms with Gasteiger partial charge in [-0.2, -0.15) is 0 Å². The van der Waals surface area contributed by atoms with Gasteiger partial charge in [-0.3, -0.25) is 9.59 Å². The quantitative estimate of drug-likeness (QED) is 0.0358. The predicted molar refractivity (Wildman–Crippen MR) is 188 cm³/mol. The third-order valence-electron chi connectivity index (χ3n) is 8.52. The molecule has 0 aromatic heterocycles. The normalized spacial score (nSPS) is 21.7. The van der Waals surface area contributed by atoms with Crippen molar-refractivity contribution in [2.45, 2.75) is 185 Å². The Balaban J connectivity index is 2.47. The van der Waals surface area contributed by atoms with E-state index in [9.17, 15) is 34.8 Å². The van der Waals surface area contributed by atoms with Crippen LogP contribution in [-0.2, 0) is 33.3 Å². The van der Waals surface area contributed by atoms with Crippen LogP contribution in [0.3, 0.4) is 0 Å². The fourth-order valence-corrected chi connectivity index (χ4v) is 5.44. The minimum atomic E-state index is -1.86. The number of aliphatic hydroxyl groups excluding tert-OH is 3. The first-order valence-electron chi connectivity index (χ1n) is 18.9. The molecule has 1 aliphatic heterocycles. The van der Waals surface area contributed by atoms with Gasteiger partial charge in [-0.15, -0.1) is 0 Å². The Morgan fingerprint density at radius 2 is 1.10 bits per heavy atom. The summed E-state index contributed by atoms with van der Waals surface area (Å²) in [6.07, 6.45) is 19.6. The number of aliphatic carboxylic acids is 1. The molecule has 284 valence electrons. The minimum Gasteiger partial charge on any atom is -0.479 e. The highest BCUT2D eigenvalue weighted by atomic mass is 16.7. The molecule has 6 atom stereocenters. The predicted octanol–water partition coefficient (Wildman–Crippen LogP) is 6.69. The molecule has 0 bridgehead atoms. The Kier molecular flexibility index (Phi) is 26.8. The van der Waals surface area contributed by atoms with Crippen LogP contribution in [0.4, 0.5) is 0 Å². The zero-order valence-corrected chi connectivity index (χ0v) is 30.2. The van der Waals surface area contributed by atoms with Crippen LogP contribution >= 0.6 is 0 Å². The number of carboxylic acid groups (broad SMARTS) is 1. The molecule has 1 aliphatic rings. The number of carboxylic acids is 1. The van der Waals surface area contributed by atoms with Gasteiger partial charge >= 0.3 is 17.9 Å². The van der Waals surface area contributed by atoms with Crippen molar-refractivity contribution in [1.82, 2.24) is 0 Å². The molecule has 0 radical (unpaired) electrons. The number of hydrogen-bond acceptors (Lipinski definition) is 10. The van der Waals surface area contributed by atoms with Crippen molar-refractivity contribution in [3.05, 3.63) is 24.3 Å². The lowest BCUT2D eigenvalue weighted by Crippen LogP contribution is -2.60. The van der Waals surface area contributed by atoms with Crippen molar-refractivity contribution < 1.29 is 53.8 Å². The van der Waals surface area contributed by atoms with E-state index in [4.69, 9.17) is 18.9 Å². The Labute approximate surface area is 294 Å². The summed E-state index contributed by atoms with van der Waals surface area (Å²) < 4.78 is 21.6. The molecule has 1 heterocycles. The first kappa shape index (κ1) is 44.7. The summed E-state index contributed by atoms with van der Waals surface area (Å²) >= 11 is 0. The second-order valence-electron chi connectivity index (χ2n) is 13.1. The SMILES string of the molecule is CCCC/C=C\CCCCCCCC(=O)OC(COC(=O)CCCCCCC/C=C\CCCCC)COC1OC(C(=O)O)C(O)C(O)C1O. The minimum absolute atomic E-state index is 0.171. The van der Waals surface area contributed by atoms with Crippen molar-refractivity contribution in [2.24, 2.45) is 0 Å². The molecule has 11 nitrogen and oxygen atoms in total. The lowest BCUT2D eigenvalue weighted by molar-refractivity contribution is -0.298. The molecule has 0 aromatic carbocycles. The standard InChI is InChI=1S/C38H66O11/c1-3-5-7-9-11-13-15-17-18-20-22-24-26-31(39)46-28-30(29-47-38-35(43)33(41)34(42)36(49-38)37(44)45)48-32(40)27-25-23-21-19-16-14-12-10-8-6-4-2/h10-13,30,33-36,38,41-43H,3-9,14-29H2,1-2H3,(H,44,45)/b12-10-,13-11-. The van der Waals surface area contributed by atoms with Crippen molar-refractivity contribution in [2.75, 3.05) is 13.2 Å². The van der Waals surface area contributed by atoms with Gasteiger partial charge in [-0.25, -0.2) is 4.79 Å². The van der Waals surface area contributed by atoms with Crippen LogP contribution in [0.5, 0.6) is 0 Å². The van der Waals surface area contributed by atoms with Gasteiger partial charge in [0.2, 0.25) is 0 Å². The van der Waals surface area contributed by atoms with Crippen molar-refractivity contribution >= 4 is 17.9 Å². The van der Waals surface area contributed by atoms with Gasteiger partial charge in [0, 0.05) is 12.8 Å². The topological polar surface area (TPSA) is 169 Å². The van der Waals surface area contributed by atoms with E-state index in [1.54, 1.807) is 0 Å². The Bertz CT molecular complexity index is 921. The van der Waals surface area contributed by atoms with Crippen LogP contribution in [0.2, 0.25) is 0 Å². The molecule has 6 unspecified atom stereocenters. The van der Waals surface area contributed by atoms with E-state index in [2.05, 4.69) is 38.2 Å². The van der Waals surface area contributed by atoms with E-state index >= 15 is 0 Å². The van der Waals surface area contributed by atoms with Gasteiger partial charge in [-0.1, -0.05) is 102 Å². The smallest absolute Gasteiger partial charge is 0.335 e. The molecule has 1 saturated heterocycles. The number of unbranched alkanes of at least 4 members (excludes halogenated alkanes) is 15. The number of allylic oxidation sites excluding steroid dienone is 4. The molecule has 11 heteroatoms. The maximum absolute atomic E-state index is 12.6. The van der Waals surface area contributed by atoms with Crippen LogP contribution < -0.4 is 0 Å². The highest BCUT2D eigenvalue weighted by Crippen LogP contribution is 2.23. The molecule has 4 N–H and O–H groups in total. The average Bonchev–Trinajstić information content (AvgIpc) is 3.08. The van der Waals surface area contributed by atoms with Crippen molar-refractivity contribution in [3.63, 3.8) is 0 Å². The summed E-state index contributed by atoms with van der Waals surface area (Å²) in [5.41, 5.74) is 0. The van der Waals surface area contributed by atoms with Crippen molar-refractivity contribution in [1.29, 1.82) is 0 Å². The summed E-state index contributed by atoms with van der Waals surface area (Å²) in [6.45, 7) is 3.70. The highest BCUT2D eigenvalue weighted by molar-refractivity contribution is 5.73. The number of rotatable bonds is 30. The van der Waals surface area contributed by atoms with Crippen LogP contribution in [0.15, 0.2) is 24.3 Å². The molecule has 49 heavy (non-hydrogen) atoms. The van der Waals surface area contributed by atoms with E-state index in [1.165, 1.54) is 32.1 Å². The zero-order valence-electron chi connectivity index (χ0n) is 30.2. The summed E-state index contributed by atoms with van der Waals surface area (Å²) in [6, 6.07) is 0. The summed E-state index contributed by atoms with van der Waals surface area (Å²) in [4.78, 5) is 36.5. The first-order chi connectivity index (χ1) is 23.7. The molecule has 1 rings (SSSR count). The number of carbonyl (C=O) groups excluding carboxylic acids is 2. The largest absolute Gasteiger partial charge is 0.479 e. The van der Waals surface area contributed by atoms with Gasteiger partial charge in [-0.05, 0) is 57.8 Å². The Hall–Kier alpha value is -2.31. The van der Waals surface area contributed by atoms with E-state index in [0.717, 1.165) is 77.0 Å². The molecule has 0 aromatic rings. The number of aliphatic hydroxyl groups is 3. The van der Waals surface area contributed by atoms with Crippen LogP contribution in [0, 0.1) is 0 Å². The second kappa shape index (κ2) is 29.4. The molecule has 0 saturated carbocycles.